The highest BCUT2D eigenvalue weighted by atomic mass is 35.5. The maximum Gasteiger partial charge on any atom is 0.266 e. The number of anilines is 1. The third-order valence-corrected chi connectivity index (χ3v) is 9.54. The van der Waals surface area contributed by atoms with Crippen LogP contribution in [-0.2, 0) is 15.1 Å². The number of hydrogen-bond acceptors (Lipinski definition) is 5. The molecule has 0 bridgehead atoms. The summed E-state index contributed by atoms with van der Waals surface area (Å²) in [7, 11) is 0. The van der Waals surface area contributed by atoms with Crippen LogP contribution in [0.5, 0.6) is 0 Å². The van der Waals surface area contributed by atoms with E-state index in [-0.39, 0.29) is 28.4 Å². The number of benzene rings is 3. The highest BCUT2D eigenvalue weighted by molar-refractivity contribution is 6.42. The van der Waals surface area contributed by atoms with E-state index in [1.54, 1.807) is 28.8 Å². The second-order valence-electron chi connectivity index (χ2n) is 10.4. The van der Waals surface area contributed by atoms with Crippen LogP contribution in [-0.4, -0.2) is 38.9 Å². The van der Waals surface area contributed by atoms with Crippen LogP contribution in [0.25, 0.3) is 16.6 Å². The van der Waals surface area contributed by atoms with Gasteiger partial charge in [0.25, 0.3) is 5.56 Å². The number of carbonyl (C=O) groups is 2. The zero-order valence-electron chi connectivity index (χ0n) is 20.0. The molecule has 1 spiro atoms. The second-order valence-corrected chi connectivity index (χ2v) is 11.2. The number of imide groups is 1. The van der Waals surface area contributed by atoms with Crippen molar-refractivity contribution in [3.8, 4) is 5.69 Å². The van der Waals surface area contributed by atoms with Crippen LogP contribution in [0.3, 0.4) is 0 Å². The van der Waals surface area contributed by atoms with Gasteiger partial charge in [-0.3, -0.25) is 23.9 Å². The van der Waals surface area contributed by atoms with Gasteiger partial charge in [0.2, 0.25) is 11.8 Å². The molecule has 3 aromatic carbocycles. The first-order valence-corrected chi connectivity index (χ1v) is 13.4. The van der Waals surface area contributed by atoms with Crippen LogP contribution in [0.15, 0.2) is 71.5 Å². The molecule has 3 fully saturated rings. The number of para-hydroxylation sites is 2. The molecule has 4 aromatic rings. The summed E-state index contributed by atoms with van der Waals surface area (Å²) in [6.07, 6.45) is 1.68. The van der Waals surface area contributed by atoms with Gasteiger partial charge >= 0.3 is 0 Å². The number of aromatic nitrogens is 2. The summed E-state index contributed by atoms with van der Waals surface area (Å²) < 4.78 is 1.66. The monoisotopic (exact) mass is 542 g/mol. The Hall–Kier alpha value is -3.52. The van der Waals surface area contributed by atoms with Gasteiger partial charge in [-0.05, 0) is 55.8 Å². The van der Waals surface area contributed by atoms with Crippen molar-refractivity contribution < 1.29 is 9.59 Å². The summed E-state index contributed by atoms with van der Waals surface area (Å²) in [5.74, 6) is -1.34. The first kappa shape index (κ1) is 22.5. The van der Waals surface area contributed by atoms with Gasteiger partial charge in [-0.15, -0.1) is 0 Å². The zero-order valence-corrected chi connectivity index (χ0v) is 21.5. The fourth-order valence-corrected chi connectivity index (χ4v) is 7.78. The standard InChI is InChI=1S/C29H20Cl2N4O3/c30-18-12-11-15(14-19(18)31)34-26(37)23-22-10-5-13-33(22)29(24(23)27(34)38)17-7-2-4-9-21(17)35-25(36)16-6-1-3-8-20(16)32-28(29)35/h1-4,6-9,11-12,14,22-24H,5,10,13H2/t22-,23+,24-,29-/m1/s1. The SMILES string of the molecule is O=C1[C@H]2[C@H]3CCCN3[C@]3(c4ccccc4-n4c3nc3ccccc3c4=O)[C@H]2C(=O)N1c1ccc(Cl)c(Cl)c1. The number of rotatable bonds is 1. The average molecular weight is 543 g/mol. The van der Waals surface area contributed by atoms with Crippen LogP contribution in [0.4, 0.5) is 5.69 Å². The Balaban J connectivity index is 1.44. The van der Waals surface area contributed by atoms with Gasteiger partial charge in [0.15, 0.2) is 0 Å². The number of halogens is 2. The van der Waals surface area contributed by atoms with Crippen LogP contribution >= 0.6 is 23.2 Å². The van der Waals surface area contributed by atoms with Crippen molar-refractivity contribution in [2.45, 2.75) is 24.4 Å². The lowest BCUT2D eigenvalue weighted by atomic mass is 9.75. The largest absolute Gasteiger partial charge is 0.283 e. The highest BCUT2D eigenvalue weighted by Crippen LogP contribution is 2.62. The Bertz CT molecular complexity index is 1800. The first-order valence-electron chi connectivity index (χ1n) is 12.7. The highest BCUT2D eigenvalue weighted by Gasteiger charge is 2.73. The van der Waals surface area contributed by atoms with Crippen LogP contribution in [0.2, 0.25) is 10.0 Å². The first-order chi connectivity index (χ1) is 18.4. The Labute approximate surface area is 227 Å². The van der Waals surface area contributed by atoms with Crippen molar-refractivity contribution in [3.05, 3.63) is 98.5 Å². The van der Waals surface area contributed by atoms with Crippen molar-refractivity contribution >= 4 is 51.6 Å². The smallest absolute Gasteiger partial charge is 0.266 e. The Morgan fingerprint density at radius 1 is 0.895 bits per heavy atom. The molecule has 38 heavy (non-hydrogen) atoms. The van der Waals surface area contributed by atoms with Gasteiger partial charge in [0.05, 0.1) is 44.2 Å². The van der Waals surface area contributed by atoms with Crippen molar-refractivity contribution in [1.29, 1.82) is 0 Å². The molecule has 1 aromatic heterocycles. The van der Waals surface area contributed by atoms with Crippen molar-refractivity contribution in [2.75, 3.05) is 11.4 Å². The van der Waals surface area contributed by atoms with Gasteiger partial charge in [-0.2, -0.15) is 0 Å². The topological polar surface area (TPSA) is 75.5 Å². The molecule has 0 aliphatic carbocycles. The second kappa shape index (κ2) is 7.53. The van der Waals surface area contributed by atoms with Gasteiger partial charge in [0, 0.05) is 11.6 Å². The summed E-state index contributed by atoms with van der Waals surface area (Å²) >= 11 is 12.4. The lowest BCUT2D eigenvalue weighted by molar-refractivity contribution is -0.124. The maximum atomic E-state index is 14.4. The molecule has 0 unspecified atom stereocenters. The third-order valence-electron chi connectivity index (χ3n) is 8.80. The van der Waals surface area contributed by atoms with Crippen molar-refractivity contribution in [1.82, 2.24) is 14.5 Å². The third kappa shape index (κ3) is 2.50. The molecule has 5 heterocycles. The van der Waals surface area contributed by atoms with E-state index in [1.807, 2.05) is 42.5 Å². The Morgan fingerprint density at radius 3 is 2.53 bits per heavy atom. The minimum absolute atomic E-state index is 0.146. The fourth-order valence-electron chi connectivity index (χ4n) is 7.49. The fraction of sp³-hybridized carbons (Fsp3) is 0.241. The number of amides is 2. The molecule has 2 amide bonds. The molecular weight excluding hydrogens is 523 g/mol. The number of hydrogen-bond donors (Lipinski definition) is 0. The van der Waals surface area contributed by atoms with Gasteiger partial charge < -0.3 is 0 Å². The predicted octanol–water partition coefficient (Wildman–Crippen LogP) is 4.53. The molecule has 4 aliphatic rings. The number of carbonyl (C=O) groups excluding carboxylic acids is 2. The van der Waals surface area contributed by atoms with Crippen LogP contribution in [0.1, 0.15) is 24.2 Å². The lowest BCUT2D eigenvalue weighted by Crippen LogP contribution is -2.51. The van der Waals surface area contributed by atoms with Crippen LogP contribution in [0, 0.1) is 11.8 Å². The lowest BCUT2D eigenvalue weighted by Gasteiger charge is -2.38. The predicted molar refractivity (Wildman–Crippen MR) is 144 cm³/mol. The van der Waals surface area contributed by atoms with Crippen molar-refractivity contribution in [2.24, 2.45) is 11.8 Å². The van der Waals surface area contributed by atoms with Crippen molar-refractivity contribution in [3.63, 3.8) is 0 Å². The molecule has 3 saturated heterocycles. The molecule has 188 valence electrons. The molecule has 9 heteroatoms. The molecule has 7 nitrogen and oxygen atoms in total. The molecule has 0 saturated carbocycles. The normalized spacial score (nSPS) is 27.3. The van der Waals surface area contributed by atoms with E-state index in [1.165, 1.54) is 4.90 Å². The summed E-state index contributed by atoms with van der Waals surface area (Å²) in [4.78, 5) is 51.1. The van der Waals surface area contributed by atoms with E-state index in [4.69, 9.17) is 28.2 Å². The molecule has 4 aliphatic heterocycles. The number of fused-ring (bicyclic) bond motifs is 11. The van der Waals surface area contributed by atoms with E-state index >= 15 is 0 Å². The molecule has 0 radical (unpaired) electrons. The van der Waals surface area contributed by atoms with E-state index in [0.29, 0.717) is 39.7 Å². The quantitative estimate of drug-likeness (QED) is 0.330. The van der Waals surface area contributed by atoms with E-state index in [9.17, 15) is 14.4 Å². The Kier molecular flexibility index (Phi) is 4.45. The van der Waals surface area contributed by atoms with Gasteiger partial charge in [0.1, 0.15) is 11.4 Å². The van der Waals surface area contributed by atoms with Gasteiger partial charge in [-0.25, -0.2) is 9.88 Å². The summed E-state index contributed by atoms with van der Waals surface area (Å²) in [5.41, 5.74) is 1.32. The van der Waals surface area contributed by atoms with E-state index in [2.05, 4.69) is 4.90 Å². The molecular formula is C29H20Cl2N4O3. The molecule has 0 N–H and O–H groups in total. The molecule has 8 rings (SSSR count). The minimum atomic E-state index is -1.04. The maximum absolute atomic E-state index is 14.4. The summed E-state index contributed by atoms with van der Waals surface area (Å²) in [5, 5.41) is 1.14. The van der Waals surface area contributed by atoms with E-state index < -0.39 is 17.4 Å². The zero-order chi connectivity index (χ0) is 25.9. The average Bonchev–Trinajstić information content (AvgIpc) is 3.63. The summed E-state index contributed by atoms with van der Waals surface area (Å²) in [6, 6.07) is 19.6. The van der Waals surface area contributed by atoms with Gasteiger partial charge in [-0.1, -0.05) is 53.5 Å². The van der Waals surface area contributed by atoms with E-state index in [0.717, 1.165) is 18.4 Å². The number of nitrogens with zero attached hydrogens (tertiary/aromatic N) is 4. The molecule has 4 atom stereocenters. The Morgan fingerprint density at radius 2 is 1.68 bits per heavy atom. The minimum Gasteiger partial charge on any atom is -0.283 e. The summed E-state index contributed by atoms with van der Waals surface area (Å²) in [6.45, 7) is 0.710. The van der Waals surface area contributed by atoms with Crippen LogP contribution < -0.4 is 10.5 Å².